The van der Waals surface area contributed by atoms with Crippen LogP contribution in [0.1, 0.15) is 22.5 Å². The van der Waals surface area contributed by atoms with E-state index in [0.29, 0.717) is 22.9 Å². The van der Waals surface area contributed by atoms with Gasteiger partial charge in [-0.15, -0.1) is 0 Å². The molecule has 5 nitrogen and oxygen atoms in total. The summed E-state index contributed by atoms with van der Waals surface area (Å²) in [5.41, 5.74) is 4.75. The van der Waals surface area contributed by atoms with E-state index in [2.05, 4.69) is 32.0 Å². The van der Waals surface area contributed by atoms with Crippen molar-refractivity contribution in [1.29, 1.82) is 5.26 Å². The number of ether oxygens (including phenoxy) is 2. The van der Waals surface area contributed by atoms with Gasteiger partial charge >= 0.3 is 0 Å². The highest BCUT2D eigenvalue weighted by Crippen LogP contribution is 2.36. The van der Waals surface area contributed by atoms with E-state index in [1.165, 1.54) is 12.1 Å². The van der Waals surface area contributed by atoms with Crippen molar-refractivity contribution in [3.8, 4) is 17.6 Å². The van der Waals surface area contributed by atoms with Crippen LogP contribution in [0, 0.1) is 24.1 Å². The Labute approximate surface area is 193 Å². The Hall–Kier alpha value is -3.63. The number of nitrogens with zero attached hydrogens (tertiary/aromatic N) is 2. The lowest BCUT2D eigenvalue weighted by molar-refractivity contribution is 0.284. The third kappa shape index (κ3) is 4.66. The third-order valence-corrected chi connectivity index (χ3v) is 5.59. The molecule has 32 heavy (non-hydrogen) atoms. The zero-order valence-electron chi connectivity index (χ0n) is 17.4. The van der Waals surface area contributed by atoms with E-state index in [1.54, 1.807) is 37.5 Å². The number of H-pyrrole nitrogens is 1. The van der Waals surface area contributed by atoms with Gasteiger partial charge in [-0.2, -0.15) is 5.26 Å². The van der Waals surface area contributed by atoms with Crippen LogP contribution in [0.25, 0.3) is 22.7 Å². The number of aryl methyl sites for hydroxylation is 1. The number of hydrogen-bond donors (Lipinski definition) is 1. The number of nitrogens with one attached hydrogen (secondary N) is 1. The Morgan fingerprint density at radius 1 is 1.16 bits per heavy atom. The van der Waals surface area contributed by atoms with E-state index in [1.807, 2.05) is 25.1 Å². The summed E-state index contributed by atoms with van der Waals surface area (Å²) in [5.74, 6) is 1.24. The molecule has 1 heterocycles. The molecule has 0 spiro atoms. The number of fused-ring (bicyclic) bond motifs is 1. The smallest absolute Gasteiger partial charge is 0.162 e. The van der Waals surface area contributed by atoms with Crippen molar-refractivity contribution >= 4 is 38.6 Å². The maximum atomic E-state index is 13.1. The van der Waals surface area contributed by atoms with Crippen LogP contribution in [0.5, 0.6) is 11.5 Å². The molecule has 0 amide bonds. The third-order valence-electron chi connectivity index (χ3n) is 4.90. The van der Waals surface area contributed by atoms with E-state index >= 15 is 0 Å². The van der Waals surface area contributed by atoms with Crippen LogP contribution in [0.15, 0.2) is 59.1 Å². The van der Waals surface area contributed by atoms with Gasteiger partial charge in [0.05, 0.1) is 23.7 Å². The topological polar surface area (TPSA) is 70.9 Å². The molecule has 0 unspecified atom stereocenters. The average Bonchev–Trinajstić information content (AvgIpc) is 3.21. The minimum Gasteiger partial charge on any atom is -0.493 e. The van der Waals surface area contributed by atoms with Crippen LogP contribution in [0.2, 0.25) is 0 Å². The van der Waals surface area contributed by atoms with Gasteiger partial charge in [0.1, 0.15) is 24.3 Å². The van der Waals surface area contributed by atoms with Crippen molar-refractivity contribution < 1.29 is 13.9 Å². The Morgan fingerprint density at radius 3 is 2.66 bits per heavy atom. The van der Waals surface area contributed by atoms with Crippen molar-refractivity contribution in [2.75, 3.05) is 7.11 Å². The van der Waals surface area contributed by atoms with Gasteiger partial charge in [-0.1, -0.05) is 34.1 Å². The molecule has 4 rings (SSSR count). The molecule has 0 aliphatic rings. The number of benzene rings is 3. The lowest BCUT2D eigenvalue weighted by Gasteiger charge is -2.13. The molecule has 1 aromatic heterocycles. The molecule has 7 heteroatoms. The summed E-state index contributed by atoms with van der Waals surface area (Å²) in [7, 11) is 1.55. The Kier molecular flexibility index (Phi) is 6.24. The molecule has 0 radical (unpaired) electrons. The first-order chi connectivity index (χ1) is 15.5. The molecule has 0 saturated heterocycles. The van der Waals surface area contributed by atoms with E-state index in [4.69, 9.17) is 9.47 Å². The number of aromatic amines is 1. The maximum absolute atomic E-state index is 13.1. The van der Waals surface area contributed by atoms with Crippen molar-refractivity contribution in [2.45, 2.75) is 13.5 Å². The highest BCUT2D eigenvalue weighted by molar-refractivity contribution is 9.10. The van der Waals surface area contributed by atoms with Crippen LogP contribution in [0.4, 0.5) is 4.39 Å². The van der Waals surface area contributed by atoms with E-state index in [-0.39, 0.29) is 12.4 Å². The van der Waals surface area contributed by atoms with Crippen molar-refractivity contribution in [3.05, 3.63) is 87.4 Å². The van der Waals surface area contributed by atoms with Gasteiger partial charge in [0, 0.05) is 4.47 Å². The Bertz CT molecular complexity index is 1350. The first-order valence-corrected chi connectivity index (χ1v) is 10.6. The number of imidazole rings is 1. The second-order valence-corrected chi connectivity index (χ2v) is 8.07. The molecule has 0 aliphatic carbocycles. The van der Waals surface area contributed by atoms with Crippen LogP contribution >= 0.6 is 15.9 Å². The lowest BCUT2D eigenvalue weighted by Crippen LogP contribution is -1.98. The number of halogens is 2. The predicted molar refractivity (Wildman–Crippen MR) is 126 cm³/mol. The molecule has 160 valence electrons. The first-order valence-electron chi connectivity index (χ1n) is 9.80. The predicted octanol–water partition coefficient (Wildman–Crippen LogP) is 6.42. The summed E-state index contributed by atoms with van der Waals surface area (Å²) in [6.45, 7) is 2.27. The largest absolute Gasteiger partial charge is 0.493 e. The highest BCUT2D eigenvalue weighted by atomic mass is 79.9. The number of aromatic nitrogens is 2. The van der Waals surface area contributed by atoms with Crippen LogP contribution in [-0.2, 0) is 6.61 Å². The quantitative estimate of drug-likeness (QED) is 0.315. The molecule has 4 aromatic rings. The average molecular weight is 492 g/mol. The van der Waals surface area contributed by atoms with Gasteiger partial charge in [-0.3, -0.25) is 0 Å². The zero-order valence-corrected chi connectivity index (χ0v) is 19.0. The highest BCUT2D eigenvalue weighted by Gasteiger charge is 2.13. The molecule has 0 bridgehead atoms. The van der Waals surface area contributed by atoms with Gasteiger partial charge in [-0.05, 0) is 66.1 Å². The number of hydrogen-bond acceptors (Lipinski definition) is 4. The second-order valence-electron chi connectivity index (χ2n) is 7.22. The van der Waals surface area contributed by atoms with Gasteiger partial charge < -0.3 is 14.5 Å². The molecule has 1 N–H and O–H groups in total. The molecular weight excluding hydrogens is 473 g/mol. The maximum Gasteiger partial charge on any atom is 0.162 e. The molecule has 0 aliphatic heterocycles. The van der Waals surface area contributed by atoms with Gasteiger partial charge in [0.15, 0.2) is 11.5 Å². The lowest BCUT2D eigenvalue weighted by atomic mass is 10.1. The Morgan fingerprint density at radius 2 is 1.94 bits per heavy atom. The molecule has 0 saturated carbocycles. The summed E-state index contributed by atoms with van der Waals surface area (Å²) in [6.07, 6.45) is 1.74. The minimum atomic E-state index is -0.293. The number of methoxy groups -OCH3 is 1. The fourth-order valence-electron chi connectivity index (χ4n) is 3.24. The van der Waals surface area contributed by atoms with Crippen molar-refractivity contribution in [1.82, 2.24) is 9.97 Å². The fraction of sp³-hybridized carbons (Fsp3) is 0.120. The van der Waals surface area contributed by atoms with Crippen molar-refractivity contribution in [2.24, 2.45) is 0 Å². The van der Waals surface area contributed by atoms with E-state index < -0.39 is 0 Å². The summed E-state index contributed by atoms with van der Waals surface area (Å²) in [6, 6.07) is 17.8. The van der Waals surface area contributed by atoms with Gasteiger partial charge in [-0.25, -0.2) is 9.37 Å². The number of allylic oxidation sites excluding steroid dienone is 1. The molecular formula is C25H19BrFN3O2. The molecule has 0 atom stereocenters. The molecule has 0 fully saturated rings. The zero-order chi connectivity index (χ0) is 22.7. The molecule has 3 aromatic carbocycles. The fourth-order valence-corrected chi connectivity index (χ4v) is 3.67. The summed E-state index contributed by atoms with van der Waals surface area (Å²) in [4.78, 5) is 7.75. The van der Waals surface area contributed by atoms with Gasteiger partial charge in [0.2, 0.25) is 0 Å². The van der Waals surface area contributed by atoms with E-state index in [0.717, 1.165) is 32.2 Å². The number of rotatable bonds is 6. The second kappa shape index (κ2) is 9.25. The van der Waals surface area contributed by atoms with Crippen LogP contribution < -0.4 is 9.47 Å². The Balaban J connectivity index is 1.64. The van der Waals surface area contributed by atoms with Crippen LogP contribution in [0.3, 0.4) is 0 Å². The summed E-state index contributed by atoms with van der Waals surface area (Å²) in [5, 5.41) is 9.75. The van der Waals surface area contributed by atoms with E-state index in [9.17, 15) is 9.65 Å². The SMILES string of the molecule is COc1cc(C=C(C#N)c2nc3ccc(C)cc3[nH]2)c(Br)cc1OCc1ccc(F)cc1. The van der Waals surface area contributed by atoms with Crippen molar-refractivity contribution in [3.63, 3.8) is 0 Å². The van der Waals surface area contributed by atoms with Crippen LogP contribution in [-0.4, -0.2) is 17.1 Å². The minimum absolute atomic E-state index is 0.264. The first kappa shape index (κ1) is 21.6. The normalized spacial score (nSPS) is 11.4. The summed E-state index contributed by atoms with van der Waals surface area (Å²) < 4.78 is 25.2. The monoisotopic (exact) mass is 491 g/mol. The number of nitriles is 1. The summed E-state index contributed by atoms with van der Waals surface area (Å²) >= 11 is 3.55. The standard InChI is InChI=1S/C25H19BrFN3O2/c1-15-3-8-21-22(9-15)30-25(29-21)18(13-28)10-17-11-23(31-2)24(12-20(17)26)32-14-16-4-6-19(27)7-5-16/h3-12H,14H2,1-2H3,(H,29,30). The van der Waals surface area contributed by atoms with Gasteiger partial charge in [0.25, 0.3) is 0 Å².